The van der Waals surface area contributed by atoms with Crippen LogP contribution in [0.1, 0.15) is 39.4 Å². The topological polar surface area (TPSA) is 86.6 Å². The number of aryl methyl sites for hydroxylation is 1. The zero-order valence-electron chi connectivity index (χ0n) is 18.0. The van der Waals surface area contributed by atoms with Crippen molar-refractivity contribution in [3.63, 3.8) is 0 Å². The number of Topliss-reactive ketones (excluding diaryl/α,β-unsaturated/α-hetero) is 1. The molecular weight excluding hydrogens is 440 g/mol. The summed E-state index contributed by atoms with van der Waals surface area (Å²) in [6.07, 6.45) is 1.54. The lowest BCUT2D eigenvalue weighted by Gasteiger charge is -2.10. The van der Waals surface area contributed by atoms with Crippen molar-refractivity contribution in [3.8, 4) is 5.75 Å². The number of fused-ring (bicyclic) bond motifs is 5. The fraction of sp³-hybridized carbons (Fsp3) is 0.160. The lowest BCUT2D eigenvalue weighted by atomic mass is 10.0. The molecular formula is C25H20N2O5S. The normalized spacial score (nSPS) is 13.3. The second-order valence-electron chi connectivity index (χ2n) is 7.57. The largest absolute Gasteiger partial charge is 0.488 e. The van der Waals surface area contributed by atoms with E-state index in [4.69, 9.17) is 9.57 Å². The number of carbonyl (C=O) groups excluding carboxylic acids is 3. The Hall–Kier alpha value is -3.91. The highest BCUT2D eigenvalue weighted by Gasteiger charge is 2.26. The van der Waals surface area contributed by atoms with Gasteiger partial charge in [0.1, 0.15) is 18.1 Å². The van der Waals surface area contributed by atoms with Crippen LogP contribution in [0.2, 0.25) is 0 Å². The predicted molar refractivity (Wildman–Crippen MR) is 126 cm³/mol. The van der Waals surface area contributed by atoms with E-state index in [0.29, 0.717) is 28.3 Å². The van der Waals surface area contributed by atoms with Crippen LogP contribution in [0, 0.1) is 0 Å². The molecule has 33 heavy (non-hydrogen) atoms. The minimum atomic E-state index is -0.557. The number of ketones is 2. The molecule has 0 aliphatic carbocycles. The van der Waals surface area contributed by atoms with E-state index >= 15 is 0 Å². The van der Waals surface area contributed by atoms with Crippen molar-refractivity contribution >= 4 is 50.7 Å². The molecule has 0 unspecified atom stereocenters. The molecule has 166 valence electrons. The molecule has 5 rings (SSSR count). The van der Waals surface area contributed by atoms with Gasteiger partial charge in [-0.15, -0.1) is 11.3 Å². The fourth-order valence-corrected chi connectivity index (χ4v) is 4.87. The number of hydroxylamine groups is 1. The van der Waals surface area contributed by atoms with Crippen LogP contribution in [0.15, 0.2) is 59.6 Å². The van der Waals surface area contributed by atoms with Crippen molar-refractivity contribution < 1.29 is 24.0 Å². The molecule has 4 aromatic rings. The van der Waals surface area contributed by atoms with Crippen molar-refractivity contribution in [1.29, 1.82) is 0 Å². The first-order chi connectivity index (χ1) is 16.0. The van der Waals surface area contributed by atoms with Crippen LogP contribution in [-0.4, -0.2) is 28.7 Å². The number of hydrogen-bond acceptors (Lipinski definition) is 7. The number of carbonyl (C=O) groups is 3. The van der Waals surface area contributed by atoms with Gasteiger partial charge in [-0.1, -0.05) is 6.07 Å². The molecule has 0 saturated heterocycles. The second kappa shape index (κ2) is 8.22. The Bertz CT molecular complexity index is 1460. The number of aromatic nitrogens is 1. The summed E-state index contributed by atoms with van der Waals surface area (Å²) in [5, 5.41) is 3.50. The maximum atomic E-state index is 13.2. The molecule has 1 aliphatic heterocycles. The molecule has 0 fully saturated rings. The van der Waals surface area contributed by atoms with E-state index in [-0.39, 0.29) is 23.9 Å². The molecule has 1 aliphatic rings. The van der Waals surface area contributed by atoms with Gasteiger partial charge in [0.15, 0.2) is 0 Å². The zero-order chi connectivity index (χ0) is 23.1. The molecule has 8 heteroatoms. The van der Waals surface area contributed by atoms with Crippen LogP contribution in [0.4, 0.5) is 0 Å². The predicted octanol–water partition coefficient (Wildman–Crippen LogP) is 4.63. The average Bonchev–Trinajstić information content (AvgIpc) is 3.42. The molecule has 3 heterocycles. The Morgan fingerprint density at radius 1 is 1.18 bits per heavy atom. The summed E-state index contributed by atoms with van der Waals surface area (Å²) >= 11 is 1.40. The van der Waals surface area contributed by atoms with Gasteiger partial charge in [-0.25, -0.2) is 5.48 Å². The summed E-state index contributed by atoms with van der Waals surface area (Å²) in [7, 11) is 0. The minimum Gasteiger partial charge on any atom is -0.488 e. The molecule has 0 bridgehead atoms. The maximum Gasteiger partial charge on any atom is 0.329 e. The van der Waals surface area contributed by atoms with Crippen molar-refractivity contribution in [3.05, 3.63) is 75.6 Å². The SMILES string of the molecule is CCn1c2ccc(C(=O)c3cccs3)cc2c2c3c(ccc21)C(=O)C(NOC(C)=O)=CCO3. The molecule has 1 N–H and O–H groups in total. The number of nitrogens with one attached hydrogen (secondary N) is 1. The first kappa shape index (κ1) is 21.0. The highest BCUT2D eigenvalue weighted by atomic mass is 32.1. The van der Waals surface area contributed by atoms with Crippen molar-refractivity contribution in [2.24, 2.45) is 0 Å². The number of thiophene rings is 1. The zero-order valence-corrected chi connectivity index (χ0v) is 18.8. The molecule has 0 atom stereocenters. The first-order valence-corrected chi connectivity index (χ1v) is 11.4. The van der Waals surface area contributed by atoms with Gasteiger partial charge in [0.05, 0.1) is 21.3 Å². The second-order valence-corrected chi connectivity index (χ2v) is 8.52. The van der Waals surface area contributed by atoms with Gasteiger partial charge in [-0.3, -0.25) is 14.4 Å². The molecule has 2 aromatic heterocycles. The monoisotopic (exact) mass is 460 g/mol. The van der Waals surface area contributed by atoms with Gasteiger partial charge in [-0.2, -0.15) is 0 Å². The molecule has 0 saturated carbocycles. The van der Waals surface area contributed by atoms with Crippen molar-refractivity contribution in [2.45, 2.75) is 20.4 Å². The highest BCUT2D eigenvalue weighted by molar-refractivity contribution is 7.12. The summed E-state index contributed by atoms with van der Waals surface area (Å²) in [6, 6.07) is 12.9. The van der Waals surface area contributed by atoms with Crippen LogP contribution in [-0.2, 0) is 16.2 Å². The van der Waals surface area contributed by atoms with Gasteiger partial charge in [0, 0.05) is 29.9 Å². The van der Waals surface area contributed by atoms with Crippen molar-refractivity contribution in [2.75, 3.05) is 6.61 Å². The standard InChI is InChI=1S/C25H20N2O5S/c1-3-27-19-8-6-15(23(29)21-5-4-12-33-21)13-17(19)22-20(27)9-7-16-24(30)18(26-32-14(2)28)10-11-31-25(16)22/h4-10,12-13,26H,3,11H2,1-2H3. The number of ether oxygens (including phenoxy) is 1. The van der Waals surface area contributed by atoms with E-state index in [2.05, 4.69) is 10.0 Å². The number of allylic oxidation sites excluding steroid dienone is 1. The maximum absolute atomic E-state index is 13.2. The van der Waals surface area contributed by atoms with Crippen LogP contribution in [0.25, 0.3) is 21.8 Å². The van der Waals surface area contributed by atoms with Crippen LogP contribution in [0.5, 0.6) is 5.75 Å². The third-order valence-electron chi connectivity index (χ3n) is 5.62. The van der Waals surface area contributed by atoms with Gasteiger partial charge in [0.25, 0.3) is 0 Å². The van der Waals surface area contributed by atoms with E-state index in [9.17, 15) is 14.4 Å². The van der Waals surface area contributed by atoms with E-state index in [1.54, 1.807) is 12.1 Å². The Kier molecular flexibility index (Phi) is 5.22. The number of nitrogens with zero attached hydrogens (tertiary/aromatic N) is 1. The fourth-order valence-electron chi connectivity index (χ4n) is 4.18. The van der Waals surface area contributed by atoms with E-state index in [1.807, 2.05) is 48.7 Å². The number of rotatable bonds is 5. The van der Waals surface area contributed by atoms with Gasteiger partial charge >= 0.3 is 5.97 Å². The molecule has 0 spiro atoms. The summed E-state index contributed by atoms with van der Waals surface area (Å²) < 4.78 is 8.17. The Morgan fingerprint density at radius 3 is 2.73 bits per heavy atom. The minimum absolute atomic E-state index is 0.0437. The first-order valence-electron chi connectivity index (χ1n) is 10.5. The highest BCUT2D eigenvalue weighted by Crippen LogP contribution is 2.40. The number of hydrogen-bond donors (Lipinski definition) is 1. The lowest BCUT2D eigenvalue weighted by molar-refractivity contribution is -0.146. The lowest BCUT2D eigenvalue weighted by Crippen LogP contribution is -2.23. The smallest absolute Gasteiger partial charge is 0.329 e. The summed E-state index contributed by atoms with van der Waals surface area (Å²) in [4.78, 5) is 42.8. The van der Waals surface area contributed by atoms with Crippen molar-refractivity contribution in [1.82, 2.24) is 10.0 Å². The van der Waals surface area contributed by atoms with Crippen LogP contribution >= 0.6 is 11.3 Å². The third kappa shape index (κ3) is 3.48. The Balaban J connectivity index is 1.70. The molecule has 7 nitrogen and oxygen atoms in total. The summed E-state index contributed by atoms with van der Waals surface area (Å²) in [5.74, 6) is -0.489. The summed E-state index contributed by atoms with van der Waals surface area (Å²) in [6.45, 7) is 4.12. The molecule has 2 aromatic carbocycles. The van der Waals surface area contributed by atoms with Gasteiger partial charge < -0.3 is 14.1 Å². The molecule has 0 radical (unpaired) electrons. The average molecular weight is 461 g/mol. The van der Waals surface area contributed by atoms with Crippen LogP contribution in [0.3, 0.4) is 0 Å². The van der Waals surface area contributed by atoms with Crippen LogP contribution < -0.4 is 10.2 Å². The summed E-state index contributed by atoms with van der Waals surface area (Å²) in [5.41, 5.74) is 5.36. The van der Waals surface area contributed by atoms with Gasteiger partial charge in [-0.05, 0) is 54.8 Å². The van der Waals surface area contributed by atoms with E-state index in [0.717, 1.165) is 21.8 Å². The Morgan fingerprint density at radius 2 is 2.00 bits per heavy atom. The Labute approximate surface area is 193 Å². The molecule has 0 amide bonds. The number of benzene rings is 2. The van der Waals surface area contributed by atoms with E-state index in [1.165, 1.54) is 18.3 Å². The quantitative estimate of drug-likeness (QED) is 0.345. The van der Waals surface area contributed by atoms with E-state index < -0.39 is 5.97 Å². The van der Waals surface area contributed by atoms with Gasteiger partial charge in [0.2, 0.25) is 11.6 Å². The third-order valence-corrected chi connectivity index (χ3v) is 6.48.